The third kappa shape index (κ3) is 4.58. The number of Topliss-reactive ketones (excluding diaryl/α,β-unsaturated/α-hetero) is 1. The van der Waals surface area contributed by atoms with E-state index in [9.17, 15) is 19.5 Å². The second-order valence-electron chi connectivity index (χ2n) is 8.67. The van der Waals surface area contributed by atoms with Gasteiger partial charge < -0.3 is 14.8 Å². The van der Waals surface area contributed by atoms with Crippen LogP contribution in [-0.4, -0.2) is 16.8 Å². The van der Waals surface area contributed by atoms with E-state index in [-0.39, 0.29) is 40.4 Å². The first kappa shape index (κ1) is 21.3. The molecule has 2 aromatic rings. The summed E-state index contributed by atoms with van der Waals surface area (Å²) in [6.45, 7) is 1.95. The molecule has 0 aliphatic heterocycles. The fraction of sp³-hybridized carbons (Fsp3) is 0.480. The van der Waals surface area contributed by atoms with Gasteiger partial charge in [0, 0.05) is 30.9 Å². The fourth-order valence-corrected chi connectivity index (χ4v) is 4.56. The highest BCUT2D eigenvalue weighted by atomic mass is 16.4. The van der Waals surface area contributed by atoms with Crippen LogP contribution in [0.1, 0.15) is 91.5 Å². The van der Waals surface area contributed by atoms with Crippen LogP contribution in [0.4, 0.5) is 5.69 Å². The summed E-state index contributed by atoms with van der Waals surface area (Å²) in [7, 11) is 0. The predicted molar refractivity (Wildman–Crippen MR) is 118 cm³/mol. The number of fused-ring (bicyclic) bond motifs is 1. The van der Waals surface area contributed by atoms with Crippen molar-refractivity contribution in [3.63, 3.8) is 0 Å². The van der Waals surface area contributed by atoms with Crippen LogP contribution in [0.5, 0.6) is 5.75 Å². The number of aryl methyl sites for hydroxylation is 1. The maximum atomic E-state index is 13.0. The number of ketones is 1. The van der Waals surface area contributed by atoms with Gasteiger partial charge in [-0.15, -0.1) is 0 Å². The first-order chi connectivity index (χ1) is 15.0. The molecule has 1 amide bonds. The maximum absolute atomic E-state index is 13.0. The third-order valence-electron chi connectivity index (χ3n) is 6.20. The van der Waals surface area contributed by atoms with Gasteiger partial charge >= 0.3 is 5.63 Å². The summed E-state index contributed by atoms with van der Waals surface area (Å²) < 4.78 is 5.62. The van der Waals surface area contributed by atoms with Gasteiger partial charge in [-0.2, -0.15) is 0 Å². The third-order valence-corrected chi connectivity index (χ3v) is 6.20. The first-order valence-corrected chi connectivity index (χ1v) is 11.3. The maximum Gasteiger partial charge on any atom is 0.343 e. The minimum absolute atomic E-state index is 0.0586. The molecule has 1 fully saturated rings. The summed E-state index contributed by atoms with van der Waals surface area (Å²) in [6.07, 6.45) is 6.39. The molecule has 164 valence electrons. The number of anilines is 1. The Morgan fingerprint density at radius 2 is 1.97 bits per heavy atom. The van der Waals surface area contributed by atoms with Gasteiger partial charge in [0.15, 0.2) is 5.78 Å². The van der Waals surface area contributed by atoms with E-state index < -0.39 is 5.63 Å². The highest BCUT2D eigenvalue weighted by molar-refractivity contribution is 6.00. The molecule has 31 heavy (non-hydrogen) atoms. The summed E-state index contributed by atoms with van der Waals surface area (Å²) in [5.41, 5.74) is 1.28. The lowest BCUT2D eigenvalue weighted by Gasteiger charge is -2.21. The summed E-state index contributed by atoms with van der Waals surface area (Å²) in [6, 6.07) is 7.40. The van der Waals surface area contributed by atoms with Gasteiger partial charge in [0.2, 0.25) is 5.91 Å². The summed E-state index contributed by atoms with van der Waals surface area (Å²) in [4.78, 5) is 37.8. The summed E-state index contributed by atoms with van der Waals surface area (Å²) in [5.74, 6) is -0.300. The zero-order valence-corrected chi connectivity index (χ0v) is 17.9. The van der Waals surface area contributed by atoms with Crippen LogP contribution >= 0.6 is 0 Å². The Balaban J connectivity index is 1.77. The number of carbonyl (C=O) groups excluding carboxylic acids is 2. The molecule has 1 saturated carbocycles. The van der Waals surface area contributed by atoms with Gasteiger partial charge in [-0.3, -0.25) is 9.59 Å². The van der Waals surface area contributed by atoms with E-state index in [0.29, 0.717) is 30.7 Å². The van der Waals surface area contributed by atoms with E-state index in [0.717, 1.165) is 44.1 Å². The largest absolute Gasteiger partial charge is 0.506 e. The van der Waals surface area contributed by atoms with E-state index in [1.165, 1.54) is 0 Å². The van der Waals surface area contributed by atoms with E-state index in [1.807, 2.05) is 31.2 Å². The Bertz CT molecular complexity index is 1050. The highest BCUT2D eigenvalue weighted by Gasteiger charge is 2.39. The SMILES string of the molecule is CCCC(=O)Nc1cccc(C(c2c(O)c3c(oc2=O)CCCCCC3=O)C2CC2)c1. The molecule has 4 rings (SSSR count). The Morgan fingerprint density at radius 3 is 2.71 bits per heavy atom. The number of hydrogen-bond donors (Lipinski definition) is 2. The fourth-order valence-electron chi connectivity index (χ4n) is 4.56. The van der Waals surface area contributed by atoms with Crippen molar-refractivity contribution in [1.82, 2.24) is 0 Å². The second-order valence-corrected chi connectivity index (χ2v) is 8.67. The Kier molecular flexibility index (Phi) is 6.25. The molecular formula is C25H29NO5. The van der Waals surface area contributed by atoms with Crippen LogP contribution in [0, 0.1) is 5.92 Å². The number of carbonyl (C=O) groups is 2. The number of aromatic hydroxyl groups is 1. The zero-order chi connectivity index (χ0) is 22.0. The molecule has 2 aliphatic carbocycles. The van der Waals surface area contributed by atoms with Crippen molar-refractivity contribution >= 4 is 17.4 Å². The molecule has 1 aromatic carbocycles. The van der Waals surface area contributed by atoms with Crippen molar-refractivity contribution in [2.45, 2.75) is 70.6 Å². The van der Waals surface area contributed by atoms with Gasteiger partial charge in [-0.25, -0.2) is 4.79 Å². The van der Waals surface area contributed by atoms with Crippen LogP contribution in [0.25, 0.3) is 0 Å². The molecule has 2 N–H and O–H groups in total. The molecule has 1 heterocycles. The van der Waals surface area contributed by atoms with E-state index in [2.05, 4.69) is 5.32 Å². The van der Waals surface area contributed by atoms with Crippen LogP contribution in [0.2, 0.25) is 0 Å². The van der Waals surface area contributed by atoms with Gasteiger partial charge in [-0.05, 0) is 55.7 Å². The predicted octanol–water partition coefficient (Wildman–Crippen LogP) is 4.93. The standard InChI is InChI=1S/C25H29NO5/c1-2-7-20(28)26-17-9-6-8-16(14-17)21(15-12-13-15)23-24(29)22-18(27)10-4-3-5-11-19(22)31-25(23)30/h6,8-9,14-15,21,29H,2-5,7,10-13H2,1H3,(H,26,28). The van der Waals surface area contributed by atoms with E-state index in [1.54, 1.807) is 0 Å². The first-order valence-electron chi connectivity index (χ1n) is 11.3. The molecule has 6 nitrogen and oxygen atoms in total. The lowest BCUT2D eigenvalue weighted by atomic mass is 9.85. The topological polar surface area (TPSA) is 96.6 Å². The molecule has 1 atom stereocenters. The van der Waals surface area contributed by atoms with Gasteiger partial charge in [0.1, 0.15) is 11.5 Å². The molecule has 0 radical (unpaired) electrons. The van der Waals surface area contributed by atoms with Crippen molar-refractivity contribution in [1.29, 1.82) is 0 Å². The lowest BCUT2D eigenvalue weighted by Crippen LogP contribution is -2.21. The molecule has 2 aliphatic rings. The normalized spacial score (nSPS) is 17.4. The van der Waals surface area contributed by atoms with Crippen LogP contribution in [0.3, 0.4) is 0 Å². The molecule has 0 spiro atoms. The number of rotatable bonds is 6. The zero-order valence-electron chi connectivity index (χ0n) is 17.9. The molecule has 1 aromatic heterocycles. The summed E-state index contributed by atoms with van der Waals surface area (Å²) in [5, 5.41) is 14.0. The Hall–Kier alpha value is -2.89. The molecule has 6 heteroatoms. The van der Waals surface area contributed by atoms with Gasteiger partial charge in [-0.1, -0.05) is 25.5 Å². The van der Waals surface area contributed by atoms with Gasteiger partial charge in [0.25, 0.3) is 0 Å². The minimum atomic E-state index is -0.568. The van der Waals surface area contributed by atoms with Crippen molar-refractivity contribution in [2.75, 3.05) is 5.32 Å². The van der Waals surface area contributed by atoms with E-state index >= 15 is 0 Å². The summed E-state index contributed by atoms with van der Waals surface area (Å²) >= 11 is 0. The average Bonchev–Trinajstić information content (AvgIpc) is 3.54. The van der Waals surface area contributed by atoms with Gasteiger partial charge in [0.05, 0.1) is 11.1 Å². The average molecular weight is 424 g/mol. The monoisotopic (exact) mass is 423 g/mol. The van der Waals surface area contributed by atoms with Crippen LogP contribution < -0.4 is 10.9 Å². The second kappa shape index (κ2) is 9.08. The molecule has 0 saturated heterocycles. The Labute approximate surface area is 181 Å². The van der Waals surface area contributed by atoms with E-state index in [4.69, 9.17) is 4.42 Å². The highest BCUT2D eigenvalue weighted by Crippen LogP contribution is 2.49. The van der Waals surface area contributed by atoms with Crippen LogP contribution in [0.15, 0.2) is 33.5 Å². The van der Waals surface area contributed by atoms with Crippen molar-refractivity contribution < 1.29 is 19.1 Å². The molecule has 1 unspecified atom stereocenters. The van der Waals surface area contributed by atoms with Crippen molar-refractivity contribution in [3.05, 3.63) is 57.1 Å². The van der Waals surface area contributed by atoms with Crippen molar-refractivity contribution in [3.8, 4) is 5.75 Å². The smallest absolute Gasteiger partial charge is 0.343 e. The quantitative estimate of drug-likeness (QED) is 0.687. The number of nitrogens with one attached hydrogen (secondary N) is 1. The molecule has 0 bridgehead atoms. The molecular weight excluding hydrogens is 394 g/mol. The van der Waals surface area contributed by atoms with Crippen molar-refractivity contribution in [2.24, 2.45) is 5.92 Å². The van der Waals surface area contributed by atoms with Crippen LogP contribution in [-0.2, 0) is 11.2 Å². The lowest BCUT2D eigenvalue weighted by molar-refractivity contribution is -0.116. The number of hydrogen-bond acceptors (Lipinski definition) is 5. The number of benzene rings is 1. The minimum Gasteiger partial charge on any atom is -0.506 e. The Morgan fingerprint density at radius 1 is 1.19 bits per heavy atom. The number of amides is 1.